The third-order valence-corrected chi connectivity index (χ3v) is 4.49. The predicted octanol–water partition coefficient (Wildman–Crippen LogP) is 3.13. The molecule has 0 amide bonds. The van der Waals surface area contributed by atoms with Crippen LogP contribution in [0, 0.1) is 0 Å². The highest BCUT2D eigenvalue weighted by Crippen LogP contribution is 2.43. The summed E-state index contributed by atoms with van der Waals surface area (Å²) in [5, 5.41) is 12.5. The molecular formula is C19H19NO4. The Bertz CT molecular complexity index is 854. The van der Waals surface area contributed by atoms with E-state index in [1.165, 1.54) is 0 Å². The maximum atomic E-state index is 11.6. The van der Waals surface area contributed by atoms with Crippen molar-refractivity contribution in [3.8, 4) is 5.75 Å². The molecule has 1 aliphatic rings. The number of hydrogen-bond acceptors (Lipinski definition) is 4. The molecule has 0 saturated carbocycles. The van der Waals surface area contributed by atoms with Crippen molar-refractivity contribution in [3.05, 3.63) is 65.9 Å². The van der Waals surface area contributed by atoms with Gasteiger partial charge >= 0.3 is 0 Å². The van der Waals surface area contributed by atoms with Gasteiger partial charge in [-0.15, -0.1) is 0 Å². The highest BCUT2D eigenvalue weighted by atomic mass is 16.9. The van der Waals surface area contributed by atoms with E-state index in [1.807, 2.05) is 55.5 Å². The topological polar surface area (TPSA) is 63.7 Å². The molecule has 1 unspecified atom stereocenters. The van der Waals surface area contributed by atoms with E-state index in [-0.39, 0.29) is 6.29 Å². The summed E-state index contributed by atoms with van der Waals surface area (Å²) in [4.78, 5) is 3.20. The van der Waals surface area contributed by atoms with Crippen molar-refractivity contribution >= 4 is 10.9 Å². The zero-order chi connectivity index (χ0) is 16.7. The Morgan fingerprint density at radius 3 is 2.54 bits per heavy atom. The quantitative estimate of drug-likeness (QED) is 0.773. The van der Waals surface area contributed by atoms with E-state index in [0.717, 1.165) is 22.2 Å². The second-order valence-electron chi connectivity index (χ2n) is 5.92. The van der Waals surface area contributed by atoms with E-state index in [2.05, 4.69) is 4.98 Å². The fourth-order valence-corrected chi connectivity index (χ4v) is 3.21. The summed E-state index contributed by atoms with van der Waals surface area (Å²) in [5.41, 5.74) is 0.911. The molecule has 1 aromatic heterocycles. The van der Waals surface area contributed by atoms with Gasteiger partial charge in [-0.25, -0.2) is 0 Å². The molecule has 5 heteroatoms. The average molecular weight is 325 g/mol. The van der Waals surface area contributed by atoms with Gasteiger partial charge in [0.05, 0.1) is 7.11 Å². The summed E-state index contributed by atoms with van der Waals surface area (Å²) < 4.78 is 16.6. The molecule has 1 aliphatic heterocycles. The van der Waals surface area contributed by atoms with Gasteiger partial charge in [-0.3, -0.25) is 0 Å². The van der Waals surface area contributed by atoms with Crippen LogP contribution < -0.4 is 4.74 Å². The lowest BCUT2D eigenvalue weighted by Gasteiger charge is -2.44. The largest absolute Gasteiger partial charge is 0.497 e. The SMILES string of the molecule is COc1ccc2c(C(O)(c3ccccc3)C3OC(C)O3)c[nH]c2c1. The zero-order valence-corrected chi connectivity index (χ0v) is 13.5. The first-order valence-electron chi connectivity index (χ1n) is 7.87. The van der Waals surface area contributed by atoms with E-state index in [9.17, 15) is 5.11 Å². The number of aliphatic hydroxyl groups is 1. The molecule has 24 heavy (non-hydrogen) atoms. The number of benzene rings is 2. The molecule has 2 aromatic carbocycles. The Kier molecular flexibility index (Phi) is 3.57. The van der Waals surface area contributed by atoms with Crippen LogP contribution in [-0.2, 0) is 15.1 Å². The number of aromatic nitrogens is 1. The Balaban J connectivity index is 1.88. The number of H-pyrrole nitrogens is 1. The third-order valence-electron chi connectivity index (χ3n) is 4.49. The molecule has 0 spiro atoms. The molecule has 2 heterocycles. The first-order valence-corrected chi connectivity index (χ1v) is 7.87. The van der Waals surface area contributed by atoms with Gasteiger partial charge in [0.1, 0.15) is 5.75 Å². The van der Waals surface area contributed by atoms with Gasteiger partial charge in [0.15, 0.2) is 11.9 Å². The van der Waals surface area contributed by atoms with Crippen LogP contribution in [0.1, 0.15) is 18.1 Å². The van der Waals surface area contributed by atoms with Gasteiger partial charge in [0.25, 0.3) is 0 Å². The summed E-state index contributed by atoms with van der Waals surface area (Å²) >= 11 is 0. The average Bonchev–Trinajstić information content (AvgIpc) is 3.02. The number of fused-ring (bicyclic) bond motifs is 1. The normalized spacial score (nSPS) is 22.8. The summed E-state index contributed by atoms with van der Waals surface area (Å²) in [6.45, 7) is 1.81. The van der Waals surface area contributed by atoms with Crippen molar-refractivity contribution < 1.29 is 19.3 Å². The van der Waals surface area contributed by atoms with E-state index < -0.39 is 11.9 Å². The Labute approximate surface area is 139 Å². The van der Waals surface area contributed by atoms with E-state index in [4.69, 9.17) is 14.2 Å². The molecule has 4 rings (SSSR count). The van der Waals surface area contributed by atoms with Crippen molar-refractivity contribution in [1.82, 2.24) is 4.98 Å². The highest BCUT2D eigenvalue weighted by molar-refractivity contribution is 5.86. The smallest absolute Gasteiger partial charge is 0.200 e. The van der Waals surface area contributed by atoms with Crippen LogP contribution in [0.25, 0.3) is 10.9 Å². The van der Waals surface area contributed by atoms with Crippen LogP contribution in [-0.4, -0.2) is 29.8 Å². The van der Waals surface area contributed by atoms with E-state index in [1.54, 1.807) is 13.3 Å². The summed E-state index contributed by atoms with van der Waals surface area (Å²) in [7, 11) is 1.63. The summed E-state index contributed by atoms with van der Waals surface area (Å²) in [5.74, 6) is 0.754. The Morgan fingerprint density at radius 1 is 1.12 bits per heavy atom. The standard InChI is InChI=1S/C19H19NO4/c1-12-23-18(24-12)19(21,13-6-4-3-5-7-13)16-11-20-17-10-14(22-2)8-9-15(16)17/h3-12,18,20-21H,1-2H3. The van der Waals surface area contributed by atoms with Gasteiger partial charge in [-0.1, -0.05) is 30.3 Å². The number of ether oxygens (including phenoxy) is 3. The van der Waals surface area contributed by atoms with Crippen molar-refractivity contribution in [2.24, 2.45) is 0 Å². The molecule has 0 radical (unpaired) electrons. The predicted molar refractivity (Wildman–Crippen MR) is 89.7 cm³/mol. The lowest BCUT2D eigenvalue weighted by Crippen LogP contribution is -2.54. The molecule has 1 atom stereocenters. The monoisotopic (exact) mass is 325 g/mol. The maximum Gasteiger partial charge on any atom is 0.200 e. The Morgan fingerprint density at radius 2 is 1.88 bits per heavy atom. The number of methoxy groups -OCH3 is 1. The minimum Gasteiger partial charge on any atom is -0.497 e. The molecule has 1 fully saturated rings. The van der Waals surface area contributed by atoms with Crippen LogP contribution in [0.5, 0.6) is 5.75 Å². The minimum atomic E-state index is -1.40. The lowest BCUT2D eigenvalue weighted by atomic mass is 9.84. The zero-order valence-electron chi connectivity index (χ0n) is 13.5. The maximum absolute atomic E-state index is 11.6. The number of hydrogen-bond donors (Lipinski definition) is 2. The van der Waals surface area contributed by atoms with Gasteiger partial charge in [0, 0.05) is 28.7 Å². The van der Waals surface area contributed by atoms with Crippen molar-refractivity contribution in [1.29, 1.82) is 0 Å². The molecule has 5 nitrogen and oxygen atoms in total. The third kappa shape index (κ3) is 2.21. The summed E-state index contributed by atoms with van der Waals surface area (Å²) in [6, 6.07) is 15.1. The molecule has 2 N–H and O–H groups in total. The first-order chi connectivity index (χ1) is 11.6. The van der Waals surface area contributed by atoms with Crippen molar-refractivity contribution in [2.45, 2.75) is 25.1 Å². The highest BCUT2D eigenvalue weighted by Gasteiger charge is 2.49. The van der Waals surface area contributed by atoms with Gasteiger partial charge in [-0.2, -0.15) is 0 Å². The number of nitrogens with one attached hydrogen (secondary N) is 1. The van der Waals surface area contributed by atoms with Gasteiger partial charge in [0.2, 0.25) is 6.29 Å². The Hall–Kier alpha value is -2.34. The first kappa shape index (κ1) is 15.2. The lowest BCUT2D eigenvalue weighted by molar-refractivity contribution is -0.416. The van der Waals surface area contributed by atoms with Crippen LogP contribution in [0.3, 0.4) is 0 Å². The van der Waals surface area contributed by atoms with Gasteiger partial charge in [-0.05, 0) is 24.6 Å². The molecule has 0 aliphatic carbocycles. The fourth-order valence-electron chi connectivity index (χ4n) is 3.21. The van der Waals surface area contributed by atoms with Crippen LogP contribution in [0.15, 0.2) is 54.7 Å². The molecule has 1 saturated heterocycles. The van der Waals surface area contributed by atoms with Crippen LogP contribution in [0.4, 0.5) is 0 Å². The summed E-state index contributed by atoms with van der Waals surface area (Å²) in [6.07, 6.45) is 0.721. The van der Waals surface area contributed by atoms with Crippen molar-refractivity contribution in [3.63, 3.8) is 0 Å². The van der Waals surface area contributed by atoms with Crippen molar-refractivity contribution in [2.75, 3.05) is 7.11 Å². The molecule has 3 aromatic rings. The molecule has 124 valence electrons. The van der Waals surface area contributed by atoms with Crippen LogP contribution >= 0.6 is 0 Å². The molecular weight excluding hydrogens is 306 g/mol. The molecule has 0 bridgehead atoms. The number of aromatic amines is 1. The van der Waals surface area contributed by atoms with Gasteiger partial charge < -0.3 is 24.3 Å². The minimum absolute atomic E-state index is 0.324. The second-order valence-corrected chi connectivity index (χ2v) is 5.92. The second kappa shape index (κ2) is 5.63. The van der Waals surface area contributed by atoms with E-state index >= 15 is 0 Å². The van der Waals surface area contributed by atoms with E-state index in [0.29, 0.717) is 5.56 Å². The fraction of sp³-hybridized carbons (Fsp3) is 0.263. The van der Waals surface area contributed by atoms with Crippen LogP contribution in [0.2, 0.25) is 0 Å². The number of rotatable bonds is 4.